The highest BCUT2D eigenvalue weighted by Gasteiger charge is 2.24. The summed E-state index contributed by atoms with van der Waals surface area (Å²) in [6.45, 7) is 6.13. The molecule has 0 saturated carbocycles. The summed E-state index contributed by atoms with van der Waals surface area (Å²) in [5.74, 6) is 1.82. The van der Waals surface area contributed by atoms with Crippen LogP contribution in [0.4, 0.5) is 0 Å². The van der Waals surface area contributed by atoms with Gasteiger partial charge in [0.2, 0.25) is 5.91 Å². The molecule has 0 radical (unpaired) electrons. The molecular formula is C17H35NOS. The molecule has 0 rings (SSSR count). The van der Waals surface area contributed by atoms with E-state index in [2.05, 4.69) is 6.92 Å². The molecule has 0 unspecified atom stereocenters. The minimum absolute atomic E-state index is 0.187. The normalized spacial score (nSPS) is 11.8. The van der Waals surface area contributed by atoms with Crippen LogP contribution in [0.2, 0.25) is 0 Å². The molecule has 20 heavy (non-hydrogen) atoms. The molecule has 2 nitrogen and oxygen atoms in total. The van der Waals surface area contributed by atoms with Gasteiger partial charge in [-0.3, -0.25) is 4.79 Å². The van der Waals surface area contributed by atoms with Crippen molar-refractivity contribution < 1.29 is 4.79 Å². The third-order valence-corrected chi connectivity index (χ3v) is 5.28. The van der Waals surface area contributed by atoms with Crippen LogP contribution in [0.1, 0.15) is 85.0 Å². The summed E-state index contributed by atoms with van der Waals surface area (Å²) >= 11 is 1.87. The zero-order valence-electron chi connectivity index (χ0n) is 13.9. The summed E-state index contributed by atoms with van der Waals surface area (Å²) in [6.07, 6.45) is 13.8. The Balaban J connectivity index is 3.19. The van der Waals surface area contributed by atoms with Crippen molar-refractivity contribution >= 4 is 17.7 Å². The average molecular weight is 302 g/mol. The topological polar surface area (TPSA) is 43.1 Å². The number of hydrogen-bond donors (Lipinski definition) is 1. The van der Waals surface area contributed by atoms with Crippen molar-refractivity contribution in [3.05, 3.63) is 0 Å². The summed E-state index contributed by atoms with van der Waals surface area (Å²) in [5.41, 5.74) is 5.00. The number of hydrogen-bond acceptors (Lipinski definition) is 2. The number of primary amides is 1. The summed E-state index contributed by atoms with van der Waals surface area (Å²) in [7, 11) is 0. The third-order valence-electron chi connectivity index (χ3n) is 3.77. The number of unbranched alkanes of at least 4 members (excludes halogenated alkanes) is 9. The monoisotopic (exact) mass is 301 g/mol. The Labute approximate surface area is 130 Å². The molecule has 0 aromatic rings. The molecule has 0 aromatic carbocycles. The Morgan fingerprint density at radius 2 is 1.35 bits per heavy atom. The number of thioether (sulfide) groups is 1. The molecule has 3 heteroatoms. The predicted molar refractivity (Wildman–Crippen MR) is 92.1 cm³/mol. The molecule has 0 aromatic heterocycles. The fraction of sp³-hybridized carbons (Fsp3) is 0.941. The van der Waals surface area contributed by atoms with Crippen LogP contribution >= 0.6 is 11.8 Å². The van der Waals surface area contributed by atoms with Crippen LogP contribution in [-0.2, 0) is 4.79 Å². The second-order valence-corrected chi connectivity index (χ2v) is 7.59. The largest absolute Gasteiger partial charge is 0.369 e. The molecular weight excluding hydrogens is 266 g/mol. The van der Waals surface area contributed by atoms with Gasteiger partial charge in [-0.1, -0.05) is 78.6 Å². The fourth-order valence-corrected chi connectivity index (χ4v) is 3.30. The molecule has 0 aliphatic heterocycles. The Morgan fingerprint density at radius 3 is 1.80 bits per heavy atom. The Hall–Kier alpha value is -0.180. The van der Waals surface area contributed by atoms with Crippen LogP contribution in [0, 0.1) is 5.41 Å². The smallest absolute Gasteiger partial charge is 0.223 e. The van der Waals surface area contributed by atoms with Gasteiger partial charge in [-0.25, -0.2) is 0 Å². The van der Waals surface area contributed by atoms with Crippen LogP contribution in [0.15, 0.2) is 0 Å². The fourth-order valence-electron chi connectivity index (χ4n) is 2.09. The molecule has 0 saturated heterocycles. The minimum Gasteiger partial charge on any atom is -0.369 e. The number of carbonyl (C=O) groups is 1. The molecule has 0 heterocycles. The lowest BCUT2D eigenvalue weighted by Gasteiger charge is -2.19. The van der Waals surface area contributed by atoms with Crippen molar-refractivity contribution in [2.45, 2.75) is 85.0 Å². The maximum atomic E-state index is 11.2. The molecule has 0 spiro atoms. The van der Waals surface area contributed by atoms with Gasteiger partial charge in [-0.05, 0) is 12.2 Å². The first-order valence-electron chi connectivity index (χ1n) is 8.38. The lowest BCUT2D eigenvalue weighted by molar-refractivity contribution is -0.124. The van der Waals surface area contributed by atoms with Gasteiger partial charge >= 0.3 is 0 Å². The minimum atomic E-state index is -0.358. The number of rotatable bonds is 14. The summed E-state index contributed by atoms with van der Waals surface area (Å²) < 4.78 is 0. The molecule has 0 aliphatic rings. The standard InChI is InChI=1S/C17H35NOS/c1-4-5-6-7-8-9-10-11-12-13-14-20-15-17(2,3)16(18)19/h4-15H2,1-3H3,(H2,18,19). The van der Waals surface area contributed by atoms with E-state index in [0.29, 0.717) is 0 Å². The lowest BCUT2D eigenvalue weighted by Crippen LogP contribution is -2.33. The highest BCUT2D eigenvalue weighted by Crippen LogP contribution is 2.22. The Kier molecular flexibility index (Phi) is 12.4. The second kappa shape index (κ2) is 12.6. The maximum absolute atomic E-state index is 11.2. The molecule has 0 bridgehead atoms. The van der Waals surface area contributed by atoms with Gasteiger partial charge in [0.25, 0.3) is 0 Å². The Morgan fingerprint density at radius 1 is 0.900 bits per heavy atom. The van der Waals surface area contributed by atoms with Crippen molar-refractivity contribution in [1.82, 2.24) is 0 Å². The van der Waals surface area contributed by atoms with E-state index in [-0.39, 0.29) is 11.3 Å². The molecule has 120 valence electrons. The van der Waals surface area contributed by atoms with Gasteiger partial charge in [0.15, 0.2) is 0 Å². The van der Waals surface area contributed by atoms with E-state index in [9.17, 15) is 4.79 Å². The van der Waals surface area contributed by atoms with E-state index in [1.165, 1.54) is 64.2 Å². The van der Waals surface area contributed by atoms with E-state index in [4.69, 9.17) is 5.73 Å². The zero-order valence-corrected chi connectivity index (χ0v) is 14.7. The van der Waals surface area contributed by atoms with E-state index in [0.717, 1.165) is 11.5 Å². The number of amides is 1. The highest BCUT2D eigenvalue weighted by molar-refractivity contribution is 7.99. The maximum Gasteiger partial charge on any atom is 0.223 e. The van der Waals surface area contributed by atoms with E-state index in [1.54, 1.807) is 0 Å². The van der Waals surface area contributed by atoms with Crippen molar-refractivity contribution in [2.75, 3.05) is 11.5 Å². The van der Waals surface area contributed by atoms with E-state index in [1.807, 2.05) is 25.6 Å². The molecule has 1 amide bonds. The van der Waals surface area contributed by atoms with Crippen LogP contribution in [0.3, 0.4) is 0 Å². The summed E-state index contributed by atoms with van der Waals surface area (Å²) in [4.78, 5) is 11.2. The van der Waals surface area contributed by atoms with Crippen molar-refractivity contribution in [3.63, 3.8) is 0 Å². The SMILES string of the molecule is CCCCCCCCCCCCSCC(C)(C)C(N)=O. The quantitative estimate of drug-likeness (QED) is 0.451. The first-order valence-corrected chi connectivity index (χ1v) is 9.54. The average Bonchev–Trinajstić information content (AvgIpc) is 2.39. The lowest BCUT2D eigenvalue weighted by atomic mass is 9.96. The third kappa shape index (κ3) is 11.6. The number of nitrogens with two attached hydrogens (primary N) is 1. The first kappa shape index (κ1) is 19.8. The summed E-state index contributed by atoms with van der Waals surface area (Å²) in [6, 6.07) is 0. The second-order valence-electron chi connectivity index (χ2n) is 6.48. The van der Waals surface area contributed by atoms with Gasteiger partial charge < -0.3 is 5.73 Å². The number of carbonyl (C=O) groups excluding carboxylic acids is 1. The van der Waals surface area contributed by atoms with Gasteiger partial charge in [0.1, 0.15) is 0 Å². The van der Waals surface area contributed by atoms with Crippen LogP contribution in [0.25, 0.3) is 0 Å². The van der Waals surface area contributed by atoms with Crippen molar-refractivity contribution in [2.24, 2.45) is 11.1 Å². The Bertz CT molecular complexity index is 241. The first-order chi connectivity index (χ1) is 9.50. The molecule has 0 aliphatic carbocycles. The van der Waals surface area contributed by atoms with E-state index >= 15 is 0 Å². The predicted octanol–water partition coefficient (Wildman–Crippen LogP) is 5.15. The van der Waals surface area contributed by atoms with Crippen LogP contribution in [0.5, 0.6) is 0 Å². The van der Waals surface area contributed by atoms with Crippen molar-refractivity contribution in [1.29, 1.82) is 0 Å². The molecule has 0 atom stereocenters. The van der Waals surface area contributed by atoms with E-state index < -0.39 is 0 Å². The van der Waals surface area contributed by atoms with Gasteiger partial charge in [0, 0.05) is 5.75 Å². The summed E-state index contributed by atoms with van der Waals surface area (Å²) in [5, 5.41) is 0. The zero-order chi connectivity index (χ0) is 15.3. The highest BCUT2D eigenvalue weighted by atomic mass is 32.2. The van der Waals surface area contributed by atoms with Crippen LogP contribution in [-0.4, -0.2) is 17.4 Å². The molecule has 2 N–H and O–H groups in total. The molecule has 0 fully saturated rings. The van der Waals surface area contributed by atoms with Crippen LogP contribution < -0.4 is 5.73 Å². The van der Waals surface area contributed by atoms with Gasteiger partial charge in [0.05, 0.1) is 5.41 Å². The van der Waals surface area contributed by atoms with Gasteiger partial charge in [-0.15, -0.1) is 0 Å². The van der Waals surface area contributed by atoms with Crippen molar-refractivity contribution in [3.8, 4) is 0 Å². The van der Waals surface area contributed by atoms with Gasteiger partial charge in [-0.2, -0.15) is 11.8 Å².